The van der Waals surface area contributed by atoms with Crippen molar-refractivity contribution >= 4 is 61.0 Å². The van der Waals surface area contributed by atoms with Crippen molar-refractivity contribution < 1.29 is 14.4 Å². The fourth-order valence-corrected chi connectivity index (χ4v) is 5.45. The topological polar surface area (TPSA) is 66.5 Å². The number of imide groups is 1. The van der Waals surface area contributed by atoms with E-state index >= 15 is 0 Å². The Balaban J connectivity index is 1.64. The lowest BCUT2D eigenvalue weighted by molar-refractivity contribution is -0.122. The molecule has 2 aliphatic rings. The molecule has 1 aliphatic heterocycles. The number of fused-ring (bicyclic) bond motifs is 1. The molecule has 1 saturated carbocycles. The summed E-state index contributed by atoms with van der Waals surface area (Å²) in [6, 6.07) is 12.5. The molecule has 0 aromatic heterocycles. The van der Waals surface area contributed by atoms with Gasteiger partial charge < -0.3 is 5.32 Å². The first-order valence-corrected chi connectivity index (χ1v) is 11.7. The minimum Gasteiger partial charge on any atom is -0.322 e. The standard InChI is InChI=1S/C23H22Br2N2O3/c1-12-7-8-14(9-13(12)2)26-21(28)15-5-3-4-6-20(15)27-22(29)16-10-18(24)19(25)11-17(16)23(27)30/h3-9,16-19H,10-11H2,1-2H3,(H,26,28)/t16-,17+,18+,19-. The number of amides is 3. The lowest BCUT2D eigenvalue weighted by Gasteiger charge is -2.29. The molecule has 1 N–H and O–H groups in total. The molecule has 4 atom stereocenters. The fourth-order valence-electron chi connectivity index (χ4n) is 4.21. The van der Waals surface area contributed by atoms with Crippen molar-refractivity contribution in [3.05, 3.63) is 59.2 Å². The summed E-state index contributed by atoms with van der Waals surface area (Å²) < 4.78 is 0. The molecule has 1 heterocycles. The number of halogens is 2. The second kappa shape index (κ2) is 8.27. The number of alkyl halides is 2. The Morgan fingerprint density at radius 2 is 1.53 bits per heavy atom. The first kappa shape index (κ1) is 21.2. The van der Waals surface area contributed by atoms with Gasteiger partial charge in [-0.05, 0) is 62.1 Å². The second-order valence-electron chi connectivity index (χ2n) is 8.00. The summed E-state index contributed by atoms with van der Waals surface area (Å²) in [7, 11) is 0. The van der Waals surface area contributed by atoms with Crippen LogP contribution in [0.25, 0.3) is 0 Å². The third-order valence-corrected chi connectivity index (χ3v) is 8.80. The molecule has 1 aliphatic carbocycles. The maximum absolute atomic E-state index is 13.2. The number of hydrogen-bond donors (Lipinski definition) is 1. The van der Waals surface area contributed by atoms with Crippen molar-refractivity contribution in [2.75, 3.05) is 10.2 Å². The molecule has 2 aromatic rings. The second-order valence-corrected chi connectivity index (χ2v) is 10.4. The van der Waals surface area contributed by atoms with Gasteiger partial charge in [0.05, 0.1) is 23.1 Å². The molecule has 5 nitrogen and oxygen atoms in total. The van der Waals surface area contributed by atoms with Gasteiger partial charge in [0.25, 0.3) is 5.91 Å². The van der Waals surface area contributed by atoms with E-state index in [1.165, 1.54) is 4.90 Å². The summed E-state index contributed by atoms with van der Waals surface area (Å²) in [5, 5.41) is 2.89. The number of hydrogen-bond acceptors (Lipinski definition) is 3. The molecule has 2 fully saturated rings. The zero-order valence-electron chi connectivity index (χ0n) is 16.7. The van der Waals surface area contributed by atoms with E-state index < -0.39 is 0 Å². The van der Waals surface area contributed by atoms with E-state index in [2.05, 4.69) is 37.2 Å². The van der Waals surface area contributed by atoms with Gasteiger partial charge in [-0.3, -0.25) is 14.4 Å². The minimum absolute atomic E-state index is 0.138. The molecule has 0 bridgehead atoms. The van der Waals surface area contributed by atoms with Crippen LogP contribution in [0, 0.1) is 25.7 Å². The zero-order valence-corrected chi connectivity index (χ0v) is 19.9. The van der Waals surface area contributed by atoms with Crippen LogP contribution in [0.2, 0.25) is 0 Å². The molecule has 30 heavy (non-hydrogen) atoms. The first-order chi connectivity index (χ1) is 14.3. The molecule has 156 valence electrons. The lowest BCUT2D eigenvalue weighted by atomic mass is 9.81. The van der Waals surface area contributed by atoms with Gasteiger partial charge in [-0.15, -0.1) is 0 Å². The number of anilines is 2. The summed E-state index contributed by atoms with van der Waals surface area (Å²) in [4.78, 5) is 40.8. The van der Waals surface area contributed by atoms with Gasteiger partial charge in [-0.25, -0.2) is 4.90 Å². The molecule has 1 saturated heterocycles. The van der Waals surface area contributed by atoms with E-state index in [1.54, 1.807) is 24.3 Å². The van der Waals surface area contributed by atoms with Gasteiger partial charge in [-0.2, -0.15) is 0 Å². The van der Waals surface area contributed by atoms with E-state index in [4.69, 9.17) is 0 Å². The highest BCUT2D eigenvalue weighted by molar-refractivity contribution is 9.12. The largest absolute Gasteiger partial charge is 0.322 e. The maximum Gasteiger partial charge on any atom is 0.257 e. The van der Waals surface area contributed by atoms with Crippen LogP contribution in [0.3, 0.4) is 0 Å². The number of aryl methyl sites for hydroxylation is 2. The predicted octanol–water partition coefficient (Wildman–Crippen LogP) is 4.98. The molecule has 2 aromatic carbocycles. The van der Waals surface area contributed by atoms with E-state index in [9.17, 15) is 14.4 Å². The Labute approximate surface area is 192 Å². The van der Waals surface area contributed by atoms with Crippen LogP contribution in [-0.4, -0.2) is 27.4 Å². The highest BCUT2D eigenvalue weighted by Crippen LogP contribution is 2.44. The van der Waals surface area contributed by atoms with E-state index in [-0.39, 0.29) is 39.2 Å². The molecule has 0 radical (unpaired) electrons. The van der Waals surface area contributed by atoms with Crippen LogP contribution >= 0.6 is 31.9 Å². The summed E-state index contributed by atoms with van der Waals surface area (Å²) in [6.45, 7) is 3.99. The molecule has 0 unspecified atom stereocenters. The van der Waals surface area contributed by atoms with Crippen molar-refractivity contribution in [3.63, 3.8) is 0 Å². The Kier molecular flexibility index (Phi) is 5.86. The number of nitrogens with one attached hydrogen (secondary N) is 1. The smallest absolute Gasteiger partial charge is 0.257 e. The average Bonchev–Trinajstić information content (AvgIpc) is 2.95. The van der Waals surface area contributed by atoms with E-state index in [0.29, 0.717) is 29.8 Å². The first-order valence-electron chi connectivity index (χ1n) is 9.91. The number of nitrogens with zero attached hydrogens (tertiary/aromatic N) is 1. The Bertz CT molecular complexity index is 1010. The monoisotopic (exact) mass is 532 g/mol. The van der Waals surface area contributed by atoms with Gasteiger partial charge in [0, 0.05) is 15.3 Å². The molecule has 4 rings (SSSR count). The molecule has 3 amide bonds. The Morgan fingerprint density at radius 3 is 2.13 bits per heavy atom. The number of rotatable bonds is 3. The van der Waals surface area contributed by atoms with Crippen LogP contribution in [0.15, 0.2) is 42.5 Å². The predicted molar refractivity (Wildman–Crippen MR) is 124 cm³/mol. The number of carbonyl (C=O) groups is 3. The van der Waals surface area contributed by atoms with Crippen LogP contribution in [0.1, 0.15) is 34.3 Å². The van der Waals surface area contributed by atoms with Crippen molar-refractivity contribution in [3.8, 4) is 0 Å². The quantitative estimate of drug-likeness (QED) is 0.447. The van der Waals surface area contributed by atoms with Crippen LogP contribution < -0.4 is 10.2 Å². The lowest BCUT2D eigenvalue weighted by Crippen LogP contribution is -2.34. The van der Waals surface area contributed by atoms with Gasteiger partial charge in [0.15, 0.2) is 0 Å². The summed E-state index contributed by atoms with van der Waals surface area (Å²) in [6.07, 6.45) is 1.19. The maximum atomic E-state index is 13.2. The summed E-state index contributed by atoms with van der Waals surface area (Å²) in [5.41, 5.74) is 3.54. The van der Waals surface area contributed by atoms with Gasteiger partial charge in [-0.1, -0.05) is 50.1 Å². The molecule has 0 spiro atoms. The highest BCUT2D eigenvalue weighted by atomic mass is 79.9. The zero-order chi connectivity index (χ0) is 21.6. The third kappa shape index (κ3) is 3.73. The molecule has 7 heteroatoms. The number of para-hydroxylation sites is 1. The van der Waals surface area contributed by atoms with Crippen molar-refractivity contribution in [1.29, 1.82) is 0 Å². The van der Waals surface area contributed by atoms with Crippen LogP contribution in [0.4, 0.5) is 11.4 Å². The fraction of sp³-hybridized carbons (Fsp3) is 0.348. The Hall–Kier alpha value is -1.99. The average molecular weight is 534 g/mol. The third-order valence-electron chi connectivity index (χ3n) is 6.07. The van der Waals surface area contributed by atoms with Crippen molar-refractivity contribution in [2.24, 2.45) is 11.8 Å². The van der Waals surface area contributed by atoms with E-state index in [0.717, 1.165) is 11.1 Å². The Morgan fingerprint density at radius 1 is 0.933 bits per heavy atom. The summed E-state index contributed by atoms with van der Waals surface area (Å²) in [5.74, 6) is -1.50. The highest BCUT2D eigenvalue weighted by Gasteiger charge is 2.52. The van der Waals surface area contributed by atoms with E-state index in [1.807, 2.05) is 32.0 Å². The van der Waals surface area contributed by atoms with Crippen molar-refractivity contribution in [1.82, 2.24) is 0 Å². The van der Waals surface area contributed by atoms with Crippen LogP contribution in [0.5, 0.6) is 0 Å². The SMILES string of the molecule is Cc1ccc(NC(=O)c2ccccc2N2C(=O)[C@H]3C[C@@H](Br)[C@@H](Br)C[C@H]3C2=O)cc1C. The van der Waals surface area contributed by atoms with Crippen molar-refractivity contribution in [2.45, 2.75) is 36.3 Å². The molecular weight excluding hydrogens is 512 g/mol. The summed E-state index contributed by atoms with van der Waals surface area (Å²) >= 11 is 7.21. The van der Waals surface area contributed by atoms with Crippen LogP contribution in [-0.2, 0) is 9.59 Å². The number of carbonyl (C=O) groups excluding carboxylic acids is 3. The normalized spacial score (nSPS) is 25.9. The van der Waals surface area contributed by atoms with Gasteiger partial charge in [0.1, 0.15) is 0 Å². The van der Waals surface area contributed by atoms with Gasteiger partial charge in [0.2, 0.25) is 11.8 Å². The molecular formula is C23H22Br2N2O3. The van der Waals surface area contributed by atoms with Gasteiger partial charge >= 0.3 is 0 Å². The number of benzene rings is 2. The minimum atomic E-state index is -0.355.